The van der Waals surface area contributed by atoms with Gasteiger partial charge in [-0.25, -0.2) is 0 Å². The molecule has 0 aliphatic rings. The van der Waals surface area contributed by atoms with Crippen LogP contribution in [0.15, 0.2) is 30.3 Å². The quantitative estimate of drug-likeness (QED) is 0.602. The van der Waals surface area contributed by atoms with Crippen LogP contribution in [0.5, 0.6) is 0 Å². The van der Waals surface area contributed by atoms with E-state index in [4.69, 9.17) is 9.47 Å². The van der Waals surface area contributed by atoms with Crippen LogP contribution >= 0.6 is 0 Å². The van der Waals surface area contributed by atoms with Crippen LogP contribution in [0.2, 0.25) is 0 Å². The minimum Gasteiger partial charge on any atom is -0.465 e. The molecule has 1 N–H and O–H groups in total. The Bertz CT molecular complexity index is 387. The Balaban J connectivity index is 2.63. The number of carbonyl (C=O) groups excluding carboxylic acids is 2. The first-order valence-corrected chi connectivity index (χ1v) is 6.31. The maximum absolute atomic E-state index is 11.7. The highest BCUT2D eigenvalue weighted by Gasteiger charge is 2.29. The minimum atomic E-state index is -0.944. The van der Waals surface area contributed by atoms with Crippen LogP contribution in [0.25, 0.3) is 0 Å². The van der Waals surface area contributed by atoms with Crippen molar-refractivity contribution in [2.24, 2.45) is 5.92 Å². The van der Waals surface area contributed by atoms with E-state index < -0.39 is 17.9 Å². The van der Waals surface area contributed by atoms with E-state index in [2.05, 4.69) is 5.32 Å². The molecule has 0 heterocycles. The Labute approximate surface area is 112 Å². The number of para-hydroxylation sites is 1. The van der Waals surface area contributed by atoms with E-state index in [-0.39, 0.29) is 19.8 Å². The molecule has 0 radical (unpaired) electrons. The van der Waals surface area contributed by atoms with Crippen molar-refractivity contribution < 1.29 is 19.1 Å². The molecule has 0 amide bonds. The topological polar surface area (TPSA) is 64.6 Å². The van der Waals surface area contributed by atoms with Crippen molar-refractivity contribution in [3.63, 3.8) is 0 Å². The second kappa shape index (κ2) is 8.13. The summed E-state index contributed by atoms with van der Waals surface area (Å²) in [5.74, 6) is -2.08. The van der Waals surface area contributed by atoms with E-state index in [1.807, 2.05) is 30.3 Å². The molecule has 0 spiro atoms. The third-order valence-electron chi connectivity index (χ3n) is 2.43. The maximum Gasteiger partial charge on any atom is 0.322 e. The van der Waals surface area contributed by atoms with E-state index in [1.54, 1.807) is 13.8 Å². The van der Waals surface area contributed by atoms with Crippen LogP contribution in [0.1, 0.15) is 13.8 Å². The molecule has 5 nitrogen and oxygen atoms in total. The van der Waals surface area contributed by atoms with Gasteiger partial charge in [-0.05, 0) is 26.0 Å². The molecule has 0 aliphatic carbocycles. The molecule has 19 heavy (non-hydrogen) atoms. The van der Waals surface area contributed by atoms with Gasteiger partial charge in [-0.15, -0.1) is 0 Å². The van der Waals surface area contributed by atoms with Gasteiger partial charge in [-0.3, -0.25) is 9.59 Å². The van der Waals surface area contributed by atoms with Gasteiger partial charge in [0.25, 0.3) is 0 Å². The lowest BCUT2D eigenvalue weighted by molar-refractivity contribution is -0.160. The summed E-state index contributed by atoms with van der Waals surface area (Å²) in [5, 5.41) is 3.02. The van der Waals surface area contributed by atoms with Crippen LogP contribution < -0.4 is 5.32 Å². The number of rotatable bonds is 7. The number of anilines is 1. The maximum atomic E-state index is 11.7. The molecule has 0 unspecified atom stereocenters. The van der Waals surface area contributed by atoms with Gasteiger partial charge < -0.3 is 14.8 Å². The largest absolute Gasteiger partial charge is 0.465 e. The van der Waals surface area contributed by atoms with Crippen molar-refractivity contribution in [1.29, 1.82) is 0 Å². The fourth-order valence-electron chi connectivity index (χ4n) is 1.52. The number of nitrogens with one attached hydrogen (secondary N) is 1. The number of carbonyl (C=O) groups is 2. The average Bonchev–Trinajstić information content (AvgIpc) is 2.41. The van der Waals surface area contributed by atoms with E-state index in [0.717, 1.165) is 5.69 Å². The number of benzene rings is 1. The summed E-state index contributed by atoms with van der Waals surface area (Å²) in [5.41, 5.74) is 0.834. The SMILES string of the molecule is CCOC(=O)C(CNc1ccccc1)C(=O)OCC. The van der Waals surface area contributed by atoms with Crippen LogP contribution in [-0.2, 0) is 19.1 Å². The highest BCUT2D eigenvalue weighted by atomic mass is 16.6. The lowest BCUT2D eigenvalue weighted by Gasteiger charge is -2.15. The summed E-state index contributed by atoms with van der Waals surface area (Å²) in [6, 6.07) is 9.33. The lowest BCUT2D eigenvalue weighted by Crippen LogP contribution is -2.33. The summed E-state index contributed by atoms with van der Waals surface area (Å²) in [4.78, 5) is 23.4. The molecule has 0 bridgehead atoms. The van der Waals surface area contributed by atoms with E-state index in [1.165, 1.54) is 0 Å². The first kappa shape index (κ1) is 15.0. The third kappa shape index (κ3) is 4.99. The van der Waals surface area contributed by atoms with Gasteiger partial charge >= 0.3 is 11.9 Å². The van der Waals surface area contributed by atoms with Crippen molar-refractivity contribution in [2.75, 3.05) is 25.1 Å². The third-order valence-corrected chi connectivity index (χ3v) is 2.43. The zero-order chi connectivity index (χ0) is 14.1. The van der Waals surface area contributed by atoms with Crippen molar-refractivity contribution in [3.05, 3.63) is 30.3 Å². The first-order chi connectivity index (χ1) is 9.19. The fourth-order valence-corrected chi connectivity index (χ4v) is 1.52. The molecule has 0 aromatic heterocycles. The van der Waals surface area contributed by atoms with Gasteiger partial charge in [-0.2, -0.15) is 0 Å². The van der Waals surface area contributed by atoms with Gasteiger partial charge in [0, 0.05) is 12.2 Å². The van der Waals surface area contributed by atoms with Crippen LogP contribution in [-0.4, -0.2) is 31.7 Å². The summed E-state index contributed by atoms with van der Waals surface area (Å²) < 4.78 is 9.76. The first-order valence-electron chi connectivity index (χ1n) is 6.31. The van der Waals surface area contributed by atoms with Gasteiger partial charge in [0.2, 0.25) is 0 Å². The lowest BCUT2D eigenvalue weighted by atomic mass is 10.1. The summed E-state index contributed by atoms with van der Waals surface area (Å²) in [6.45, 7) is 4.03. The van der Waals surface area contributed by atoms with Crippen LogP contribution in [0.3, 0.4) is 0 Å². The zero-order valence-corrected chi connectivity index (χ0v) is 11.2. The highest BCUT2D eigenvalue weighted by Crippen LogP contribution is 2.09. The van der Waals surface area contributed by atoms with Gasteiger partial charge in [-0.1, -0.05) is 18.2 Å². The molecule has 0 saturated heterocycles. The summed E-state index contributed by atoms with van der Waals surface area (Å²) >= 11 is 0. The normalized spacial score (nSPS) is 10.1. The van der Waals surface area contributed by atoms with Gasteiger partial charge in [0.05, 0.1) is 13.2 Å². The monoisotopic (exact) mass is 265 g/mol. The van der Waals surface area contributed by atoms with E-state index >= 15 is 0 Å². The average molecular weight is 265 g/mol. The predicted octanol–water partition coefficient (Wildman–Crippen LogP) is 1.84. The number of hydrogen-bond acceptors (Lipinski definition) is 5. The highest BCUT2D eigenvalue weighted by molar-refractivity contribution is 5.95. The molecule has 5 heteroatoms. The van der Waals surface area contributed by atoms with E-state index in [9.17, 15) is 9.59 Å². The molecule has 1 rings (SSSR count). The number of ether oxygens (including phenoxy) is 2. The smallest absolute Gasteiger partial charge is 0.322 e. The van der Waals surface area contributed by atoms with Crippen molar-refractivity contribution in [3.8, 4) is 0 Å². The molecule has 1 aromatic rings. The summed E-state index contributed by atoms with van der Waals surface area (Å²) in [6.07, 6.45) is 0. The molecule has 0 atom stereocenters. The molecule has 0 fully saturated rings. The van der Waals surface area contributed by atoms with Gasteiger partial charge in [0.1, 0.15) is 0 Å². The Morgan fingerprint density at radius 3 is 2.05 bits per heavy atom. The second-order valence-electron chi connectivity index (χ2n) is 3.80. The standard InChI is InChI=1S/C14H19NO4/c1-3-18-13(16)12(14(17)19-4-2)10-15-11-8-6-5-7-9-11/h5-9,12,15H,3-4,10H2,1-2H3. The molecule has 0 aliphatic heterocycles. The summed E-state index contributed by atoms with van der Waals surface area (Å²) in [7, 11) is 0. The second-order valence-corrected chi connectivity index (χ2v) is 3.80. The molecular formula is C14H19NO4. The minimum absolute atomic E-state index is 0.154. The Morgan fingerprint density at radius 1 is 1.05 bits per heavy atom. The molecular weight excluding hydrogens is 246 g/mol. The fraction of sp³-hybridized carbons (Fsp3) is 0.429. The zero-order valence-electron chi connectivity index (χ0n) is 11.2. The van der Waals surface area contributed by atoms with Crippen LogP contribution in [0, 0.1) is 5.92 Å². The van der Waals surface area contributed by atoms with Crippen molar-refractivity contribution in [1.82, 2.24) is 0 Å². The Hall–Kier alpha value is -2.04. The molecule has 104 valence electrons. The number of esters is 2. The van der Waals surface area contributed by atoms with Crippen LogP contribution in [0.4, 0.5) is 5.69 Å². The van der Waals surface area contributed by atoms with Crippen molar-refractivity contribution in [2.45, 2.75) is 13.8 Å². The van der Waals surface area contributed by atoms with Crippen molar-refractivity contribution >= 4 is 17.6 Å². The molecule has 1 aromatic carbocycles. The Morgan fingerprint density at radius 2 is 1.58 bits per heavy atom. The Kier molecular flexibility index (Phi) is 6.43. The predicted molar refractivity (Wildman–Crippen MR) is 71.7 cm³/mol. The molecule has 0 saturated carbocycles. The number of hydrogen-bond donors (Lipinski definition) is 1. The van der Waals surface area contributed by atoms with Gasteiger partial charge in [0.15, 0.2) is 5.92 Å². The van der Waals surface area contributed by atoms with E-state index in [0.29, 0.717) is 0 Å².